The summed E-state index contributed by atoms with van der Waals surface area (Å²) in [5, 5.41) is 3.16. The van der Waals surface area contributed by atoms with Gasteiger partial charge in [-0.1, -0.05) is 60.9 Å². The average molecular weight is 351 g/mol. The van der Waals surface area contributed by atoms with E-state index in [2.05, 4.69) is 42.6 Å². The highest BCUT2D eigenvalue weighted by Crippen LogP contribution is 2.34. The Balaban J connectivity index is 1.64. The van der Waals surface area contributed by atoms with Crippen molar-refractivity contribution < 1.29 is 9.53 Å². The molecule has 26 heavy (non-hydrogen) atoms. The summed E-state index contributed by atoms with van der Waals surface area (Å²) < 4.78 is 5.50. The second-order valence-corrected chi connectivity index (χ2v) is 7.37. The standard InChI is InChI=1S/C23H29NO2/c1-17-11-13-18(14-12-17)16-24-23(25)21-9-5-3-7-19(21)15-20-8-4-6-10-22(20)26-2/h4,6,8,10-14,19,21H,3,5,7,9,15-16H2,1-2H3,(H,24,25). The van der Waals surface area contributed by atoms with Gasteiger partial charge in [0.25, 0.3) is 0 Å². The Morgan fingerprint density at radius 1 is 1.08 bits per heavy atom. The normalized spacial score (nSPS) is 19.8. The van der Waals surface area contributed by atoms with E-state index in [1.165, 1.54) is 17.5 Å². The van der Waals surface area contributed by atoms with Crippen LogP contribution in [0.25, 0.3) is 0 Å². The van der Waals surface area contributed by atoms with E-state index >= 15 is 0 Å². The van der Waals surface area contributed by atoms with E-state index in [0.29, 0.717) is 12.5 Å². The van der Waals surface area contributed by atoms with E-state index in [1.54, 1.807) is 7.11 Å². The van der Waals surface area contributed by atoms with Crippen LogP contribution in [0.2, 0.25) is 0 Å². The summed E-state index contributed by atoms with van der Waals surface area (Å²) in [6, 6.07) is 16.5. The maximum atomic E-state index is 12.9. The smallest absolute Gasteiger partial charge is 0.223 e. The van der Waals surface area contributed by atoms with Crippen molar-refractivity contribution in [3.05, 3.63) is 65.2 Å². The van der Waals surface area contributed by atoms with Crippen molar-refractivity contribution in [3.63, 3.8) is 0 Å². The zero-order valence-corrected chi connectivity index (χ0v) is 15.8. The van der Waals surface area contributed by atoms with Gasteiger partial charge in [0.1, 0.15) is 5.75 Å². The molecular formula is C23H29NO2. The Bertz CT molecular complexity index is 723. The van der Waals surface area contributed by atoms with Crippen LogP contribution in [0.3, 0.4) is 0 Å². The van der Waals surface area contributed by atoms with Crippen molar-refractivity contribution in [2.45, 2.75) is 45.6 Å². The second-order valence-electron chi connectivity index (χ2n) is 7.37. The largest absolute Gasteiger partial charge is 0.496 e. The molecule has 0 bridgehead atoms. The molecule has 3 rings (SSSR count). The molecule has 1 aliphatic carbocycles. The summed E-state index contributed by atoms with van der Waals surface area (Å²) in [6.07, 6.45) is 5.36. The highest BCUT2D eigenvalue weighted by molar-refractivity contribution is 5.79. The van der Waals surface area contributed by atoms with Gasteiger partial charge in [-0.25, -0.2) is 0 Å². The third-order valence-electron chi connectivity index (χ3n) is 5.51. The van der Waals surface area contributed by atoms with Crippen LogP contribution in [0.4, 0.5) is 0 Å². The Morgan fingerprint density at radius 3 is 2.58 bits per heavy atom. The van der Waals surface area contributed by atoms with Crippen molar-refractivity contribution in [1.82, 2.24) is 5.32 Å². The first-order valence-corrected chi connectivity index (χ1v) is 9.62. The van der Waals surface area contributed by atoms with E-state index < -0.39 is 0 Å². The molecule has 1 amide bonds. The predicted octanol–water partition coefficient (Wildman–Crippen LogP) is 4.67. The molecule has 0 aliphatic heterocycles. The minimum Gasteiger partial charge on any atom is -0.496 e. The maximum absolute atomic E-state index is 12.9. The average Bonchev–Trinajstić information content (AvgIpc) is 2.68. The highest BCUT2D eigenvalue weighted by Gasteiger charge is 2.31. The summed E-state index contributed by atoms with van der Waals surface area (Å²) in [6.45, 7) is 2.68. The molecule has 0 heterocycles. The molecule has 2 unspecified atom stereocenters. The van der Waals surface area contributed by atoms with Gasteiger partial charge >= 0.3 is 0 Å². The molecule has 2 aromatic carbocycles. The fraction of sp³-hybridized carbons (Fsp3) is 0.435. The molecule has 3 nitrogen and oxygen atoms in total. The number of para-hydroxylation sites is 1. The van der Waals surface area contributed by atoms with Crippen LogP contribution < -0.4 is 10.1 Å². The molecule has 3 heteroatoms. The SMILES string of the molecule is COc1ccccc1CC1CCCCC1C(=O)NCc1ccc(C)cc1. The third kappa shape index (κ3) is 4.66. The van der Waals surface area contributed by atoms with E-state index in [9.17, 15) is 4.79 Å². The van der Waals surface area contributed by atoms with Crippen LogP contribution in [0.15, 0.2) is 48.5 Å². The van der Waals surface area contributed by atoms with Crippen LogP contribution >= 0.6 is 0 Å². The van der Waals surface area contributed by atoms with Crippen molar-refractivity contribution in [3.8, 4) is 5.75 Å². The number of carbonyl (C=O) groups excluding carboxylic acids is 1. The third-order valence-corrected chi connectivity index (χ3v) is 5.51. The molecule has 0 spiro atoms. The van der Waals surface area contributed by atoms with Crippen molar-refractivity contribution in [2.24, 2.45) is 11.8 Å². The number of methoxy groups -OCH3 is 1. The summed E-state index contributed by atoms with van der Waals surface area (Å²) in [4.78, 5) is 12.9. The van der Waals surface area contributed by atoms with Gasteiger partial charge < -0.3 is 10.1 Å². The highest BCUT2D eigenvalue weighted by atomic mass is 16.5. The van der Waals surface area contributed by atoms with Gasteiger partial charge in [0.2, 0.25) is 5.91 Å². The Hall–Kier alpha value is -2.29. The van der Waals surface area contributed by atoms with Crippen molar-refractivity contribution in [1.29, 1.82) is 0 Å². The summed E-state index contributed by atoms with van der Waals surface area (Å²) >= 11 is 0. The Kier molecular flexibility index (Phi) is 6.32. The first-order valence-electron chi connectivity index (χ1n) is 9.62. The number of carbonyl (C=O) groups is 1. The molecule has 1 fully saturated rings. The number of hydrogen-bond acceptors (Lipinski definition) is 2. The van der Waals surface area contributed by atoms with E-state index in [1.807, 2.05) is 18.2 Å². The lowest BCUT2D eigenvalue weighted by Gasteiger charge is -2.31. The van der Waals surface area contributed by atoms with Crippen LogP contribution in [0, 0.1) is 18.8 Å². The van der Waals surface area contributed by atoms with Gasteiger partial charge in [0.05, 0.1) is 7.11 Å². The molecule has 138 valence electrons. The summed E-state index contributed by atoms with van der Waals surface area (Å²) in [7, 11) is 1.71. The fourth-order valence-electron chi connectivity index (χ4n) is 3.98. The van der Waals surface area contributed by atoms with Gasteiger partial charge in [0.15, 0.2) is 0 Å². The zero-order valence-electron chi connectivity index (χ0n) is 15.8. The van der Waals surface area contributed by atoms with Gasteiger partial charge in [-0.15, -0.1) is 0 Å². The number of benzene rings is 2. The van der Waals surface area contributed by atoms with Crippen LogP contribution in [-0.4, -0.2) is 13.0 Å². The minimum atomic E-state index is 0.0964. The van der Waals surface area contributed by atoms with Gasteiger partial charge in [-0.05, 0) is 49.3 Å². The Morgan fingerprint density at radius 2 is 1.81 bits per heavy atom. The number of ether oxygens (including phenoxy) is 1. The molecule has 1 saturated carbocycles. The molecule has 0 radical (unpaired) electrons. The lowest BCUT2D eigenvalue weighted by Crippen LogP contribution is -2.37. The van der Waals surface area contributed by atoms with Gasteiger partial charge in [0, 0.05) is 12.5 Å². The van der Waals surface area contributed by atoms with E-state index in [0.717, 1.165) is 37.0 Å². The van der Waals surface area contributed by atoms with Crippen LogP contribution in [0.1, 0.15) is 42.4 Å². The predicted molar refractivity (Wildman–Crippen MR) is 105 cm³/mol. The van der Waals surface area contributed by atoms with Crippen LogP contribution in [-0.2, 0) is 17.8 Å². The van der Waals surface area contributed by atoms with E-state index in [-0.39, 0.29) is 11.8 Å². The van der Waals surface area contributed by atoms with Gasteiger partial charge in [-0.3, -0.25) is 4.79 Å². The van der Waals surface area contributed by atoms with E-state index in [4.69, 9.17) is 4.74 Å². The zero-order chi connectivity index (χ0) is 18.4. The molecular weight excluding hydrogens is 322 g/mol. The summed E-state index contributed by atoms with van der Waals surface area (Å²) in [5.41, 5.74) is 3.60. The number of hydrogen-bond donors (Lipinski definition) is 1. The number of amides is 1. The topological polar surface area (TPSA) is 38.3 Å². The number of aryl methyl sites for hydroxylation is 1. The first-order chi connectivity index (χ1) is 12.7. The molecule has 0 aromatic heterocycles. The number of rotatable bonds is 6. The maximum Gasteiger partial charge on any atom is 0.223 e. The van der Waals surface area contributed by atoms with Crippen LogP contribution in [0.5, 0.6) is 5.75 Å². The Labute approximate surface area is 156 Å². The molecule has 2 aromatic rings. The lowest BCUT2D eigenvalue weighted by molar-refractivity contribution is -0.127. The summed E-state index contributed by atoms with van der Waals surface area (Å²) in [5.74, 6) is 1.61. The quantitative estimate of drug-likeness (QED) is 0.821. The molecule has 1 N–H and O–H groups in total. The second kappa shape index (κ2) is 8.88. The first kappa shape index (κ1) is 18.5. The molecule has 2 atom stereocenters. The monoisotopic (exact) mass is 351 g/mol. The lowest BCUT2D eigenvalue weighted by atomic mass is 9.75. The molecule has 1 aliphatic rings. The fourth-order valence-corrected chi connectivity index (χ4v) is 3.98. The van der Waals surface area contributed by atoms with Crippen molar-refractivity contribution in [2.75, 3.05) is 7.11 Å². The minimum absolute atomic E-state index is 0.0964. The number of nitrogens with one attached hydrogen (secondary N) is 1. The van der Waals surface area contributed by atoms with Gasteiger partial charge in [-0.2, -0.15) is 0 Å². The van der Waals surface area contributed by atoms with Crippen molar-refractivity contribution >= 4 is 5.91 Å². The molecule has 0 saturated heterocycles.